The molecule has 1 aromatic heterocycles. The van der Waals surface area contributed by atoms with Crippen molar-refractivity contribution in [2.24, 2.45) is 0 Å². The summed E-state index contributed by atoms with van der Waals surface area (Å²) in [6, 6.07) is 3.58. The summed E-state index contributed by atoms with van der Waals surface area (Å²) in [5.41, 5.74) is 0. The molecule has 60 valence electrons. The van der Waals surface area contributed by atoms with Gasteiger partial charge in [0.1, 0.15) is 0 Å². The van der Waals surface area contributed by atoms with Crippen LogP contribution in [0.1, 0.15) is 17.2 Å². The summed E-state index contributed by atoms with van der Waals surface area (Å²) in [5.74, 6) is -2.93. The Morgan fingerprint density at radius 2 is 2.18 bits per heavy atom. The zero-order valence-corrected chi connectivity index (χ0v) is 7.88. The third-order valence-electron chi connectivity index (χ3n) is 1.76. The average Bonchev–Trinajstić information content (AvgIpc) is 2.39. The molecule has 0 radical (unpaired) electrons. The molecule has 0 saturated heterocycles. The molecule has 1 unspecified atom stereocenters. The summed E-state index contributed by atoms with van der Waals surface area (Å²) in [6.07, 6.45) is 0.0277. The lowest BCUT2D eigenvalue weighted by Crippen LogP contribution is -1.89. The summed E-state index contributed by atoms with van der Waals surface area (Å²) in [4.78, 5) is 0.793. The van der Waals surface area contributed by atoms with E-state index in [-0.39, 0.29) is 6.42 Å². The molecule has 1 heterocycles. The average molecular weight is 239 g/mol. The van der Waals surface area contributed by atoms with Crippen LogP contribution >= 0.6 is 27.3 Å². The molecule has 11 heavy (non-hydrogen) atoms. The Labute approximate surface area is 75.4 Å². The van der Waals surface area contributed by atoms with Crippen LogP contribution in [0.25, 0.3) is 0 Å². The molecule has 4 heteroatoms. The summed E-state index contributed by atoms with van der Waals surface area (Å²) >= 11 is 4.64. The van der Waals surface area contributed by atoms with Gasteiger partial charge in [0.05, 0.1) is 9.70 Å². The van der Waals surface area contributed by atoms with E-state index in [2.05, 4.69) is 15.9 Å². The Kier molecular flexibility index (Phi) is 1.58. The van der Waals surface area contributed by atoms with Crippen molar-refractivity contribution in [2.45, 2.75) is 18.3 Å². The smallest absolute Gasteiger partial charge is 0.206 e. The molecule has 1 fully saturated rings. The van der Waals surface area contributed by atoms with Crippen molar-refractivity contribution in [3.63, 3.8) is 0 Å². The first kappa shape index (κ1) is 7.68. The number of hydrogen-bond donors (Lipinski definition) is 0. The predicted octanol–water partition coefficient (Wildman–Crippen LogP) is 3.63. The first-order valence-electron chi connectivity index (χ1n) is 3.23. The molecule has 0 spiro atoms. The molecule has 0 amide bonds. The van der Waals surface area contributed by atoms with Crippen molar-refractivity contribution in [3.05, 3.63) is 20.8 Å². The third kappa shape index (κ3) is 1.34. The van der Waals surface area contributed by atoms with Gasteiger partial charge in [0.2, 0.25) is 0 Å². The van der Waals surface area contributed by atoms with Crippen LogP contribution in [0.4, 0.5) is 8.78 Å². The second-order valence-corrected chi connectivity index (χ2v) is 5.15. The summed E-state index contributed by atoms with van der Waals surface area (Å²) in [5, 5.41) is 0. The Balaban J connectivity index is 2.20. The van der Waals surface area contributed by atoms with E-state index in [1.54, 1.807) is 6.07 Å². The van der Waals surface area contributed by atoms with Gasteiger partial charge >= 0.3 is 0 Å². The highest BCUT2D eigenvalue weighted by Gasteiger charge is 2.58. The molecule has 1 aliphatic carbocycles. The lowest BCUT2D eigenvalue weighted by atomic mass is 10.3. The Morgan fingerprint density at radius 1 is 1.55 bits per heavy atom. The Hall–Kier alpha value is 0.0400. The standard InChI is InChI=1S/C7H5BrF2S/c8-6-2-1-5(11-6)4-3-7(4,9)10/h1-2,4H,3H2. The van der Waals surface area contributed by atoms with E-state index < -0.39 is 11.8 Å². The van der Waals surface area contributed by atoms with E-state index in [4.69, 9.17) is 0 Å². The van der Waals surface area contributed by atoms with Crippen LogP contribution in [-0.2, 0) is 0 Å². The van der Waals surface area contributed by atoms with Gasteiger partial charge in [0, 0.05) is 11.3 Å². The van der Waals surface area contributed by atoms with E-state index in [9.17, 15) is 8.78 Å². The lowest BCUT2D eigenvalue weighted by Gasteiger charge is -1.90. The van der Waals surface area contributed by atoms with E-state index in [0.29, 0.717) is 0 Å². The molecular weight excluding hydrogens is 234 g/mol. The number of halogens is 3. The molecule has 0 aliphatic heterocycles. The van der Waals surface area contributed by atoms with Crippen LogP contribution in [0.3, 0.4) is 0 Å². The Bertz CT molecular complexity index is 282. The zero-order chi connectivity index (χ0) is 8.06. The minimum absolute atomic E-state index is 0.0277. The second kappa shape index (κ2) is 2.26. The van der Waals surface area contributed by atoms with Crippen molar-refractivity contribution in [1.29, 1.82) is 0 Å². The van der Waals surface area contributed by atoms with Crippen molar-refractivity contribution >= 4 is 27.3 Å². The maximum atomic E-state index is 12.5. The van der Waals surface area contributed by atoms with E-state index >= 15 is 0 Å². The lowest BCUT2D eigenvalue weighted by molar-refractivity contribution is 0.112. The molecule has 0 aromatic carbocycles. The number of hydrogen-bond acceptors (Lipinski definition) is 1. The Morgan fingerprint density at radius 3 is 2.55 bits per heavy atom. The van der Waals surface area contributed by atoms with E-state index in [1.807, 2.05) is 6.07 Å². The van der Waals surface area contributed by atoms with Gasteiger partial charge in [-0.1, -0.05) is 0 Å². The van der Waals surface area contributed by atoms with E-state index in [0.717, 1.165) is 8.66 Å². The largest absolute Gasteiger partial charge is 0.256 e. The van der Waals surface area contributed by atoms with Crippen molar-refractivity contribution < 1.29 is 8.78 Å². The van der Waals surface area contributed by atoms with Crippen LogP contribution in [0.2, 0.25) is 0 Å². The maximum Gasteiger partial charge on any atom is 0.256 e. The molecule has 2 rings (SSSR count). The molecular formula is C7H5BrF2S. The molecule has 1 aliphatic rings. The van der Waals surface area contributed by atoms with Crippen LogP contribution in [0, 0.1) is 0 Å². The molecule has 1 saturated carbocycles. The van der Waals surface area contributed by atoms with Gasteiger partial charge in [-0.2, -0.15) is 0 Å². The second-order valence-electron chi connectivity index (χ2n) is 2.66. The number of alkyl halides is 2. The van der Waals surface area contributed by atoms with Gasteiger partial charge in [-0.15, -0.1) is 11.3 Å². The fourth-order valence-electron chi connectivity index (χ4n) is 1.04. The minimum Gasteiger partial charge on any atom is -0.206 e. The van der Waals surface area contributed by atoms with Crippen LogP contribution in [-0.4, -0.2) is 5.92 Å². The highest BCUT2D eigenvalue weighted by atomic mass is 79.9. The fourth-order valence-corrected chi connectivity index (χ4v) is 2.63. The first-order valence-corrected chi connectivity index (χ1v) is 4.83. The van der Waals surface area contributed by atoms with Gasteiger partial charge in [0.25, 0.3) is 5.92 Å². The highest BCUT2D eigenvalue weighted by molar-refractivity contribution is 9.11. The fraction of sp³-hybridized carbons (Fsp3) is 0.429. The topological polar surface area (TPSA) is 0 Å². The van der Waals surface area contributed by atoms with Crippen molar-refractivity contribution in [3.8, 4) is 0 Å². The zero-order valence-electron chi connectivity index (χ0n) is 5.48. The minimum atomic E-state index is -2.43. The monoisotopic (exact) mass is 238 g/mol. The summed E-state index contributed by atoms with van der Waals surface area (Å²) in [7, 11) is 0. The van der Waals surface area contributed by atoms with Gasteiger partial charge in [0.15, 0.2) is 0 Å². The maximum absolute atomic E-state index is 12.5. The SMILES string of the molecule is FC1(F)CC1c1ccc(Br)s1. The van der Waals surface area contributed by atoms with Gasteiger partial charge in [-0.25, -0.2) is 8.78 Å². The van der Waals surface area contributed by atoms with Crippen LogP contribution < -0.4 is 0 Å². The highest BCUT2D eigenvalue weighted by Crippen LogP contribution is 2.57. The molecule has 1 aromatic rings. The number of rotatable bonds is 1. The first-order chi connectivity index (χ1) is 5.09. The van der Waals surface area contributed by atoms with Gasteiger partial charge < -0.3 is 0 Å². The quantitative estimate of drug-likeness (QED) is 0.701. The van der Waals surface area contributed by atoms with Gasteiger partial charge in [-0.3, -0.25) is 0 Å². The summed E-state index contributed by atoms with van der Waals surface area (Å²) < 4.78 is 25.9. The molecule has 0 nitrogen and oxygen atoms in total. The molecule has 1 atom stereocenters. The van der Waals surface area contributed by atoms with Crippen molar-refractivity contribution in [2.75, 3.05) is 0 Å². The predicted molar refractivity (Wildman–Crippen MR) is 44.3 cm³/mol. The van der Waals surface area contributed by atoms with Gasteiger partial charge in [-0.05, 0) is 28.1 Å². The number of thiophene rings is 1. The van der Waals surface area contributed by atoms with Crippen molar-refractivity contribution in [1.82, 2.24) is 0 Å². The van der Waals surface area contributed by atoms with E-state index in [1.165, 1.54) is 11.3 Å². The van der Waals surface area contributed by atoms with Crippen LogP contribution in [0.5, 0.6) is 0 Å². The van der Waals surface area contributed by atoms with Crippen LogP contribution in [0.15, 0.2) is 15.9 Å². The third-order valence-corrected chi connectivity index (χ3v) is 3.50. The molecule has 0 bridgehead atoms. The summed E-state index contributed by atoms with van der Waals surface area (Å²) in [6.45, 7) is 0. The molecule has 0 N–H and O–H groups in total. The normalized spacial score (nSPS) is 27.0.